The van der Waals surface area contributed by atoms with Crippen LogP contribution in [0.15, 0.2) is 42.5 Å². The Morgan fingerprint density at radius 3 is 2.43 bits per heavy atom. The Kier molecular flexibility index (Phi) is 4.27. The van der Waals surface area contributed by atoms with Crippen molar-refractivity contribution in [2.75, 3.05) is 14.2 Å². The molecule has 6 heteroatoms. The summed E-state index contributed by atoms with van der Waals surface area (Å²) in [5, 5.41) is 3.34. The van der Waals surface area contributed by atoms with E-state index in [0.717, 1.165) is 49.0 Å². The maximum atomic E-state index is 13.1. The molecule has 0 spiro atoms. The van der Waals surface area contributed by atoms with Crippen LogP contribution in [0.5, 0.6) is 11.5 Å². The van der Waals surface area contributed by atoms with E-state index in [2.05, 4.69) is 35.1 Å². The van der Waals surface area contributed by atoms with Crippen LogP contribution in [0.2, 0.25) is 0 Å². The number of carbonyl (C=O) groups excluding carboxylic acids is 1. The molecule has 1 heterocycles. The van der Waals surface area contributed by atoms with Gasteiger partial charge < -0.3 is 19.4 Å². The number of ether oxygens (including phenoxy) is 2. The summed E-state index contributed by atoms with van der Waals surface area (Å²) < 4.78 is 12.9. The predicted octanol–water partition coefficient (Wildman–Crippen LogP) is 3.97. The lowest BCUT2D eigenvalue weighted by Crippen LogP contribution is -2.66. The Morgan fingerprint density at radius 1 is 1.07 bits per heavy atom. The van der Waals surface area contributed by atoms with Crippen molar-refractivity contribution in [2.45, 2.75) is 43.1 Å². The molecule has 3 aliphatic rings. The normalized spacial score (nSPS) is 24.9. The molecule has 3 saturated carbocycles. The first-order valence-electron chi connectivity index (χ1n) is 10.5. The summed E-state index contributed by atoms with van der Waals surface area (Å²) in [5.41, 5.74) is 2.65. The highest BCUT2D eigenvalue weighted by molar-refractivity contribution is 5.95. The van der Waals surface area contributed by atoms with Gasteiger partial charge in [-0.1, -0.05) is 18.6 Å². The second-order valence-electron chi connectivity index (χ2n) is 8.81. The average molecular weight is 405 g/mol. The number of imidazole rings is 1. The van der Waals surface area contributed by atoms with E-state index in [1.54, 1.807) is 32.4 Å². The molecule has 3 aliphatic carbocycles. The van der Waals surface area contributed by atoms with Crippen LogP contribution >= 0.6 is 0 Å². The molecule has 1 aromatic heterocycles. The Morgan fingerprint density at radius 2 is 1.77 bits per heavy atom. The van der Waals surface area contributed by atoms with Gasteiger partial charge in [-0.25, -0.2) is 4.98 Å². The quantitative estimate of drug-likeness (QED) is 0.697. The van der Waals surface area contributed by atoms with Crippen molar-refractivity contribution in [3.05, 3.63) is 53.9 Å². The Labute approximate surface area is 176 Å². The first kappa shape index (κ1) is 19.0. The summed E-state index contributed by atoms with van der Waals surface area (Å²) in [6, 6.07) is 13.6. The number of aromatic nitrogens is 2. The van der Waals surface area contributed by atoms with Crippen LogP contribution in [0.1, 0.15) is 48.3 Å². The second kappa shape index (κ2) is 6.76. The van der Waals surface area contributed by atoms with Gasteiger partial charge in [-0.05, 0) is 49.9 Å². The fraction of sp³-hybridized carbons (Fsp3) is 0.417. The molecule has 1 N–H and O–H groups in total. The molecule has 0 atom stereocenters. The minimum Gasteiger partial charge on any atom is -0.497 e. The number of nitrogens with zero attached hydrogens (tertiary/aromatic N) is 2. The molecule has 3 aromatic rings. The summed E-state index contributed by atoms with van der Waals surface area (Å²) in [6.07, 6.45) is 5.08. The number of carbonyl (C=O) groups is 1. The Balaban J connectivity index is 1.40. The number of fused-ring (bicyclic) bond motifs is 3. The van der Waals surface area contributed by atoms with E-state index >= 15 is 0 Å². The van der Waals surface area contributed by atoms with Gasteiger partial charge in [0.15, 0.2) is 0 Å². The van der Waals surface area contributed by atoms with E-state index in [4.69, 9.17) is 14.5 Å². The summed E-state index contributed by atoms with van der Waals surface area (Å²) in [6.45, 7) is 0. The molecule has 2 bridgehead atoms. The van der Waals surface area contributed by atoms with Crippen LogP contribution < -0.4 is 14.8 Å². The molecule has 0 saturated heterocycles. The molecule has 6 rings (SSSR count). The third kappa shape index (κ3) is 2.85. The van der Waals surface area contributed by atoms with Gasteiger partial charge >= 0.3 is 0 Å². The molecule has 0 aliphatic heterocycles. The minimum atomic E-state index is -0.163. The highest BCUT2D eigenvalue weighted by Gasteiger charge is 2.60. The average Bonchev–Trinajstić information content (AvgIpc) is 3.10. The van der Waals surface area contributed by atoms with Crippen LogP contribution in [0.4, 0.5) is 0 Å². The van der Waals surface area contributed by atoms with E-state index in [-0.39, 0.29) is 16.9 Å². The fourth-order valence-electron chi connectivity index (χ4n) is 5.65. The molecule has 6 nitrogen and oxygen atoms in total. The van der Waals surface area contributed by atoms with Gasteiger partial charge in [0.25, 0.3) is 5.91 Å². The van der Waals surface area contributed by atoms with Crippen molar-refractivity contribution >= 4 is 16.9 Å². The smallest absolute Gasteiger partial charge is 0.251 e. The van der Waals surface area contributed by atoms with Crippen molar-refractivity contribution in [3.63, 3.8) is 0 Å². The molecule has 1 amide bonds. The summed E-state index contributed by atoms with van der Waals surface area (Å²) in [5.74, 6) is 2.30. The van der Waals surface area contributed by atoms with Gasteiger partial charge in [0.1, 0.15) is 17.3 Å². The Bertz CT molecular complexity index is 1110. The van der Waals surface area contributed by atoms with Crippen LogP contribution in [0, 0.1) is 0 Å². The molecular weight excluding hydrogens is 378 g/mol. The topological polar surface area (TPSA) is 65.4 Å². The first-order valence-corrected chi connectivity index (χ1v) is 10.5. The number of methoxy groups -OCH3 is 2. The van der Waals surface area contributed by atoms with E-state index in [1.807, 2.05) is 6.07 Å². The van der Waals surface area contributed by atoms with E-state index in [1.165, 1.54) is 0 Å². The molecule has 2 aromatic carbocycles. The van der Waals surface area contributed by atoms with Gasteiger partial charge in [-0.15, -0.1) is 0 Å². The van der Waals surface area contributed by atoms with Crippen LogP contribution in [0.25, 0.3) is 11.0 Å². The highest BCUT2D eigenvalue weighted by Crippen LogP contribution is 2.59. The summed E-state index contributed by atoms with van der Waals surface area (Å²) in [4.78, 5) is 18.1. The lowest BCUT2D eigenvalue weighted by molar-refractivity contribution is 0.00350. The molecule has 0 radical (unpaired) electrons. The number of rotatable bonds is 5. The van der Waals surface area contributed by atoms with Crippen LogP contribution in [-0.2, 0) is 12.5 Å². The number of benzene rings is 2. The zero-order valence-corrected chi connectivity index (χ0v) is 17.7. The van der Waals surface area contributed by atoms with Gasteiger partial charge in [-0.3, -0.25) is 4.79 Å². The van der Waals surface area contributed by atoms with Gasteiger partial charge in [-0.2, -0.15) is 0 Å². The highest BCUT2D eigenvalue weighted by atomic mass is 16.5. The zero-order valence-electron chi connectivity index (χ0n) is 17.7. The Hall–Kier alpha value is -3.02. The molecule has 0 unspecified atom stereocenters. The SMILES string of the molecule is COc1cc(OC)cc(C(=O)NC23CCCC(c4nc5ccccc5n4C)(C2)C3)c1. The molecule has 156 valence electrons. The minimum absolute atomic E-state index is 0.0470. The van der Waals surface area contributed by atoms with Crippen LogP contribution in [0.3, 0.4) is 0 Å². The lowest BCUT2D eigenvalue weighted by Gasteiger charge is -2.60. The number of para-hydroxylation sites is 2. The lowest BCUT2D eigenvalue weighted by atomic mass is 9.49. The fourth-order valence-corrected chi connectivity index (χ4v) is 5.65. The van der Waals surface area contributed by atoms with E-state index in [9.17, 15) is 4.79 Å². The summed E-state index contributed by atoms with van der Waals surface area (Å²) in [7, 11) is 5.29. The standard InChI is InChI=1S/C24H27N3O3/c1-27-20-8-5-4-7-19(20)25-22(27)23-9-6-10-24(14-23,15-23)26-21(28)16-11-17(29-2)13-18(12-16)30-3/h4-5,7-8,11-13H,6,9-10,14-15H2,1-3H3,(H,26,28). The summed E-state index contributed by atoms with van der Waals surface area (Å²) >= 11 is 0. The van der Waals surface area contributed by atoms with Crippen molar-refractivity contribution in [3.8, 4) is 11.5 Å². The first-order chi connectivity index (χ1) is 14.5. The zero-order chi connectivity index (χ0) is 20.9. The maximum Gasteiger partial charge on any atom is 0.251 e. The third-order valence-corrected chi connectivity index (χ3v) is 6.92. The number of amides is 1. The van der Waals surface area contributed by atoms with E-state index < -0.39 is 0 Å². The third-order valence-electron chi connectivity index (χ3n) is 6.92. The predicted molar refractivity (Wildman–Crippen MR) is 115 cm³/mol. The molecular formula is C24H27N3O3. The van der Waals surface area contributed by atoms with E-state index in [0.29, 0.717) is 17.1 Å². The monoisotopic (exact) mass is 405 g/mol. The molecule has 30 heavy (non-hydrogen) atoms. The molecule has 3 fully saturated rings. The van der Waals surface area contributed by atoms with Gasteiger partial charge in [0, 0.05) is 29.6 Å². The number of hydrogen-bond acceptors (Lipinski definition) is 4. The number of nitrogens with one attached hydrogen (secondary N) is 1. The maximum absolute atomic E-state index is 13.1. The van der Waals surface area contributed by atoms with Crippen molar-refractivity contribution in [1.82, 2.24) is 14.9 Å². The van der Waals surface area contributed by atoms with Crippen LogP contribution in [-0.4, -0.2) is 35.2 Å². The largest absolute Gasteiger partial charge is 0.497 e. The van der Waals surface area contributed by atoms with Crippen molar-refractivity contribution in [2.24, 2.45) is 7.05 Å². The number of aryl methyl sites for hydroxylation is 1. The second-order valence-corrected chi connectivity index (χ2v) is 8.81. The van der Waals surface area contributed by atoms with Gasteiger partial charge in [0.2, 0.25) is 0 Å². The number of hydrogen-bond donors (Lipinski definition) is 1. The van der Waals surface area contributed by atoms with Crippen molar-refractivity contribution < 1.29 is 14.3 Å². The van der Waals surface area contributed by atoms with Crippen molar-refractivity contribution in [1.29, 1.82) is 0 Å². The van der Waals surface area contributed by atoms with Gasteiger partial charge in [0.05, 0.1) is 25.3 Å².